The minimum absolute atomic E-state index is 0.161. The highest BCUT2D eigenvalue weighted by Crippen LogP contribution is 2.23. The van der Waals surface area contributed by atoms with Crippen LogP contribution in [-0.4, -0.2) is 28.3 Å². The lowest BCUT2D eigenvalue weighted by atomic mass is 9.93. The van der Waals surface area contributed by atoms with E-state index in [0.717, 1.165) is 17.3 Å². The molecule has 2 aromatic rings. The highest BCUT2D eigenvalue weighted by atomic mass is 19.4. The number of aliphatic hydroxyl groups is 1. The van der Waals surface area contributed by atoms with Gasteiger partial charge in [0.15, 0.2) is 0 Å². The number of carbonyl (C=O) groups excluding carboxylic acids is 1. The molecular formula is C20H19F3N2O2. The van der Waals surface area contributed by atoms with E-state index in [1.54, 1.807) is 19.2 Å². The SMILES string of the molecule is Cc1cc(C=CC(F)(F)F)ccc1C(=O)Nc1cnc2c(c1)CC(O)CC2. The van der Waals surface area contributed by atoms with Gasteiger partial charge in [0.05, 0.1) is 18.0 Å². The molecule has 1 heterocycles. The van der Waals surface area contributed by atoms with Crippen molar-refractivity contribution in [3.05, 3.63) is 64.5 Å². The van der Waals surface area contributed by atoms with Crippen LogP contribution in [-0.2, 0) is 12.8 Å². The number of rotatable bonds is 3. The average Bonchev–Trinajstić information content (AvgIpc) is 2.59. The molecule has 2 N–H and O–H groups in total. The number of fused-ring (bicyclic) bond motifs is 1. The Hall–Kier alpha value is -2.67. The minimum atomic E-state index is -4.38. The predicted molar refractivity (Wildman–Crippen MR) is 96.5 cm³/mol. The van der Waals surface area contributed by atoms with Crippen molar-refractivity contribution in [1.82, 2.24) is 4.98 Å². The molecule has 1 atom stereocenters. The fourth-order valence-electron chi connectivity index (χ4n) is 3.10. The third-order valence-electron chi connectivity index (χ3n) is 4.45. The largest absolute Gasteiger partial charge is 0.409 e. The summed E-state index contributed by atoms with van der Waals surface area (Å²) in [6.45, 7) is 1.67. The van der Waals surface area contributed by atoms with Crippen LogP contribution in [0.15, 0.2) is 36.5 Å². The molecule has 1 amide bonds. The first-order valence-corrected chi connectivity index (χ1v) is 8.55. The van der Waals surface area contributed by atoms with Gasteiger partial charge in [-0.3, -0.25) is 9.78 Å². The smallest absolute Gasteiger partial charge is 0.393 e. The van der Waals surface area contributed by atoms with Gasteiger partial charge in [0.1, 0.15) is 0 Å². The number of aliphatic hydroxyl groups excluding tert-OH is 1. The molecule has 0 saturated heterocycles. The summed E-state index contributed by atoms with van der Waals surface area (Å²) in [4.78, 5) is 16.9. The van der Waals surface area contributed by atoms with E-state index in [2.05, 4.69) is 10.3 Å². The van der Waals surface area contributed by atoms with E-state index in [0.29, 0.717) is 41.6 Å². The Morgan fingerprint density at radius 2 is 2.11 bits per heavy atom. The van der Waals surface area contributed by atoms with Crippen molar-refractivity contribution >= 4 is 17.7 Å². The van der Waals surface area contributed by atoms with E-state index in [1.807, 2.05) is 0 Å². The average molecular weight is 376 g/mol. The number of carbonyl (C=O) groups is 1. The Morgan fingerprint density at radius 3 is 2.81 bits per heavy atom. The molecule has 1 aliphatic rings. The number of anilines is 1. The molecule has 0 saturated carbocycles. The van der Waals surface area contributed by atoms with Gasteiger partial charge in [0.25, 0.3) is 5.91 Å². The van der Waals surface area contributed by atoms with Gasteiger partial charge in [0, 0.05) is 23.8 Å². The quantitative estimate of drug-likeness (QED) is 0.849. The summed E-state index contributed by atoms with van der Waals surface area (Å²) in [5.74, 6) is -0.364. The minimum Gasteiger partial charge on any atom is -0.393 e. The number of hydrogen-bond acceptors (Lipinski definition) is 3. The van der Waals surface area contributed by atoms with Gasteiger partial charge in [0.2, 0.25) is 0 Å². The van der Waals surface area contributed by atoms with Crippen LogP contribution < -0.4 is 5.32 Å². The maximum atomic E-state index is 12.5. The Bertz CT molecular complexity index is 891. The summed E-state index contributed by atoms with van der Waals surface area (Å²) in [7, 11) is 0. The fraction of sp³-hybridized carbons (Fsp3) is 0.300. The predicted octanol–water partition coefficient (Wildman–Crippen LogP) is 4.07. The highest BCUT2D eigenvalue weighted by Gasteiger charge is 2.22. The topological polar surface area (TPSA) is 62.2 Å². The summed E-state index contributed by atoms with van der Waals surface area (Å²) in [6, 6.07) is 6.29. The van der Waals surface area contributed by atoms with Gasteiger partial charge in [-0.2, -0.15) is 13.2 Å². The summed E-state index contributed by atoms with van der Waals surface area (Å²) < 4.78 is 36.8. The number of nitrogens with one attached hydrogen (secondary N) is 1. The van der Waals surface area contributed by atoms with E-state index in [4.69, 9.17) is 0 Å². The molecule has 0 aliphatic heterocycles. The lowest BCUT2D eigenvalue weighted by molar-refractivity contribution is -0.0790. The van der Waals surface area contributed by atoms with E-state index < -0.39 is 12.3 Å². The van der Waals surface area contributed by atoms with Gasteiger partial charge in [-0.15, -0.1) is 0 Å². The number of allylic oxidation sites excluding steroid dienone is 1. The second-order valence-corrected chi connectivity index (χ2v) is 6.63. The van der Waals surface area contributed by atoms with Crippen molar-refractivity contribution in [3.63, 3.8) is 0 Å². The zero-order chi connectivity index (χ0) is 19.6. The molecule has 7 heteroatoms. The number of benzene rings is 1. The van der Waals surface area contributed by atoms with Crippen molar-refractivity contribution in [2.24, 2.45) is 0 Å². The molecule has 27 heavy (non-hydrogen) atoms. The van der Waals surface area contributed by atoms with Crippen LogP contribution in [0, 0.1) is 6.92 Å². The second kappa shape index (κ2) is 7.52. The van der Waals surface area contributed by atoms with Crippen LogP contribution in [0.1, 0.15) is 39.2 Å². The molecule has 0 fully saturated rings. The first kappa shape index (κ1) is 19.1. The van der Waals surface area contributed by atoms with Gasteiger partial charge in [-0.25, -0.2) is 0 Å². The van der Waals surface area contributed by atoms with Gasteiger partial charge in [-0.05, 0) is 48.6 Å². The summed E-state index contributed by atoms with van der Waals surface area (Å²) in [5, 5.41) is 12.5. The lowest BCUT2D eigenvalue weighted by Gasteiger charge is -2.20. The number of aryl methyl sites for hydroxylation is 2. The molecule has 4 nitrogen and oxygen atoms in total. The Morgan fingerprint density at radius 1 is 1.33 bits per heavy atom. The normalized spacial score (nSPS) is 17.0. The van der Waals surface area contributed by atoms with E-state index >= 15 is 0 Å². The molecule has 0 bridgehead atoms. The van der Waals surface area contributed by atoms with Gasteiger partial charge < -0.3 is 10.4 Å². The third kappa shape index (κ3) is 4.95. The number of amides is 1. The molecule has 1 aromatic carbocycles. The molecule has 0 radical (unpaired) electrons. The summed E-state index contributed by atoms with van der Waals surface area (Å²) in [6.07, 6.45) is -0.185. The van der Waals surface area contributed by atoms with Gasteiger partial charge in [-0.1, -0.05) is 18.2 Å². The third-order valence-corrected chi connectivity index (χ3v) is 4.45. The monoisotopic (exact) mass is 376 g/mol. The Kier molecular flexibility index (Phi) is 5.32. The van der Waals surface area contributed by atoms with E-state index in [1.165, 1.54) is 18.2 Å². The first-order valence-electron chi connectivity index (χ1n) is 8.55. The number of alkyl halides is 3. The lowest BCUT2D eigenvalue weighted by Crippen LogP contribution is -2.20. The number of hydrogen-bond donors (Lipinski definition) is 2. The van der Waals surface area contributed by atoms with Gasteiger partial charge >= 0.3 is 6.18 Å². The van der Waals surface area contributed by atoms with E-state index in [9.17, 15) is 23.1 Å². The summed E-state index contributed by atoms with van der Waals surface area (Å²) in [5.41, 5.74) is 3.67. The van der Waals surface area contributed by atoms with Crippen LogP contribution >= 0.6 is 0 Å². The Labute approximate surface area is 154 Å². The van der Waals surface area contributed by atoms with Crippen LogP contribution in [0.2, 0.25) is 0 Å². The molecule has 142 valence electrons. The van der Waals surface area contributed by atoms with E-state index in [-0.39, 0.29) is 12.0 Å². The zero-order valence-electron chi connectivity index (χ0n) is 14.7. The standard InChI is InChI=1S/C20H19F3N2O2/c1-12-8-13(6-7-20(21,22)23)2-4-17(12)19(27)25-15-9-14-10-16(26)3-5-18(14)24-11-15/h2,4,6-9,11,16,26H,3,5,10H2,1H3,(H,25,27). The maximum absolute atomic E-state index is 12.5. The number of aromatic nitrogens is 1. The van der Waals surface area contributed by atoms with Crippen molar-refractivity contribution in [1.29, 1.82) is 0 Å². The highest BCUT2D eigenvalue weighted by molar-refractivity contribution is 6.05. The molecule has 1 aliphatic carbocycles. The number of halogens is 3. The molecule has 3 rings (SSSR count). The maximum Gasteiger partial charge on any atom is 0.409 e. The second-order valence-electron chi connectivity index (χ2n) is 6.63. The van der Waals surface area contributed by atoms with Crippen molar-refractivity contribution in [3.8, 4) is 0 Å². The van der Waals surface area contributed by atoms with Crippen LogP contribution in [0.5, 0.6) is 0 Å². The van der Waals surface area contributed by atoms with Crippen LogP contribution in [0.25, 0.3) is 6.08 Å². The molecule has 1 unspecified atom stereocenters. The molecule has 0 spiro atoms. The number of pyridine rings is 1. The number of nitrogens with zero attached hydrogens (tertiary/aromatic N) is 1. The molecule has 1 aromatic heterocycles. The first-order chi connectivity index (χ1) is 12.7. The van der Waals surface area contributed by atoms with Crippen molar-refractivity contribution in [2.75, 3.05) is 5.32 Å². The molecular weight excluding hydrogens is 357 g/mol. The zero-order valence-corrected chi connectivity index (χ0v) is 14.7. The van der Waals surface area contributed by atoms with Crippen molar-refractivity contribution < 1.29 is 23.1 Å². The Balaban J connectivity index is 1.75. The van der Waals surface area contributed by atoms with Crippen LogP contribution in [0.4, 0.5) is 18.9 Å². The van der Waals surface area contributed by atoms with Crippen molar-refractivity contribution in [2.45, 2.75) is 38.5 Å². The fourth-order valence-corrected chi connectivity index (χ4v) is 3.10. The summed E-state index contributed by atoms with van der Waals surface area (Å²) >= 11 is 0. The van der Waals surface area contributed by atoms with Crippen LogP contribution in [0.3, 0.4) is 0 Å².